The lowest BCUT2D eigenvalue weighted by Gasteiger charge is -2.24. The van der Waals surface area contributed by atoms with Crippen molar-refractivity contribution in [1.82, 2.24) is 15.3 Å². The van der Waals surface area contributed by atoms with Crippen LogP contribution >= 0.6 is 0 Å². The van der Waals surface area contributed by atoms with Gasteiger partial charge in [0.2, 0.25) is 5.95 Å². The molecule has 0 spiro atoms. The molecule has 2 aromatic rings. The molecule has 4 nitrogen and oxygen atoms in total. The third kappa shape index (κ3) is 2.58. The van der Waals surface area contributed by atoms with Crippen molar-refractivity contribution in [3.05, 3.63) is 47.8 Å². The van der Waals surface area contributed by atoms with Gasteiger partial charge in [0, 0.05) is 23.5 Å². The average molecular weight is 254 g/mol. The zero-order valence-electron chi connectivity index (χ0n) is 11.1. The Bertz CT molecular complexity index is 553. The number of nitrogens with zero attached hydrogens (tertiary/aromatic N) is 2. The van der Waals surface area contributed by atoms with E-state index >= 15 is 0 Å². The monoisotopic (exact) mass is 254 g/mol. The predicted octanol–water partition coefficient (Wildman–Crippen LogP) is 2.82. The van der Waals surface area contributed by atoms with Crippen LogP contribution in [0.5, 0.6) is 0 Å². The van der Waals surface area contributed by atoms with Crippen LogP contribution in [0.2, 0.25) is 0 Å². The van der Waals surface area contributed by atoms with E-state index in [-0.39, 0.29) is 0 Å². The molecule has 0 amide bonds. The molecule has 0 radical (unpaired) electrons. The van der Waals surface area contributed by atoms with Gasteiger partial charge in [0.25, 0.3) is 0 Å². The van der Waals surface area contributed by atoms with Crippen LogP contribution in [0.1, 0.15) is 30.1 Å². The van der Waals surface area contributed by atoms with Gasteiger partial charge >= 0.3 is 0 Å². The van der Waals surface area contributed by atoms with E-state index in [0.717, 1.165) is 12.1 Å². The number of hydrogen-bond acceptors (Lipinski definition) is 4. The van der Waals surface area contributed by atoms with Crippen molar-refractivity contribution in [2.45, 2.75) is 25.3 Å². The molecule has 0 bridgehead atoms. The second kappa shape index (κ2) is 5.36. The first-order chi connectivity index (χ1) is 9.36. The Labute approximate surface area is 113 Å². The molecule has 1 atom stereocenters. The molecule has 2 N–H and O–H groups in total. The van der Waals surface area contributed by atoms with Crippen LogP contribution in [0, 0.1) is 0 Å². The van der Waals surface area contributed by atoms with E-state index in [2.05, 4.69) is 20.6 Å². The van der Waals surface area contributed by atoms with E-state index in [1.54, 1.807) is 0 Å². The third-order valence-electron chi connectivity index (χ3n) is 3.56. The van der Waals surface area contributed by atoms with E-state index in [1.807, 2.05) is 43.6 Å². The van der Waals surface area contributed by atoms with Crippen LogP contribution in [0.4, 0.5) is 11.6 Å². The molecule has 0 fully saturated rings. The standard InChI is InChI=1S/C15H18N4/c1-16-13-8-5-9-14-12(13)10-17-15(19-14)18-11-6-3-2-4-7-11/h2-4,6-7,10,13,16H,5,8-9H2,1H3,(H,17,18,19). The first-order valence-electron chi connectivity index (χ1n) is 6.72. The molecule has 4 heteroatoms. The Morgan fingerprint density at radius 1 is 1.21 bits per heavy atom. The highest BCUT2D eigenvalue weighted by Gasteiger charge is 2.20. The SMILES string of the molecule is CNC1CCCc2nc(Nc3ccccc3)ncc21. The number of nitrogens with one attached hydrogen (secondary N) is 2. The van der Waals surface area contributed by atoms with Gasteiger partial charge in [-0.2, -0.15) is 0 Å². The summed E-state index contributed by atoms with van der Waals surface area (Å²) in [6.45, 7) is 0. The summed E-state index contributed by atoms with van der Waals surface area (Å²) in [5.41, 5.74) is 3.43. The first-order valence-corrected chi connectivity index (χ1v) is 6.72. The number of anilines is 2. The highest BCUT2D eigenvalue weighted by Crippen LogP contribution is 2.28. The van der Waals surface area contributed by atoms with Gasteiger partial charge in [-0.15, -0.1) is 0 Å². The largest absolute Gasteiger partial charge is 0.324 e. The molecular weight excluding hydrogens is 236 g/mol. The lowest BCUT2D eigenvalue weighted by Crippen LogP contribution is -2.23. The number of para-hydroxylation sites is 1. The minimum absolute atomic E-state index is 0.398. The Morgan fingerprint density at radius 3 is 2.84 bits per heavy atom. The zero-order valence-corrected chi connectivity index (χ0v) is 11.1. The van der Waals surface area contributed by atoms with E-state index < -0.39 is 0 Å². The van der Waals surface area contributed by atoms with Gasteiger partial charge in [-0.1, -0.05) is 18.2 Å². The molecule has 98 valence electrons. The fourth-order valence-electron chi connectivity index (χ4n) is 2.56. The van der Waals surface area contributed by atoms with Crippen molar-refractivity contribution < 1.29 is 0 Å². The maximum Gasteiger partial charge on any atom is 0.227 e. The quantitative estimate of drug-likeness (QED) is 0.884. The Hall–Kier alpha value is -1.94. The van der Waals surface area contributed by atoms with Crippen molar-refractivity contribution in [2.24, 2.45) is 0 Å². The molecule has 0 saturated heterocycles. The number of rotatable bonds is 3. The summed E-state index contributed by atoms with van der Waals surface area (Å²) in [5, 5.41) is 6.57. The van der Waals surface area contributed by atoms with E-state index in [1.165, 1.54) is 24.1 Å². The summed E-state index contributed by atoms with van der Waals surface area (Å²) in [7, 11) is 2.00. The van der Waals surface area contributed by atoms with E-state index in [0.29, 0.717) is 12.0 Å². The fraction of sp³-hybridized carbons (Fsp3) is 0.333. The number of hydrogen-bond donors (Lipinski definition) is 2. The molecular formula is C15H18N4. The van der Waals surface area contributed by atoms with Crippen molar-refractivity contribution in [3.63, 3.8) is 0 Å². The lowest BCUT2D eigenvalue weighted by molar-refractivity contribution is 0.488. The van der Waals surface area contributed by atoms with Crippen LogP contribution in [0.25, 0.3) is 0 Å². The summed E-state index contributed by atoms with van der Waals surface area (Å²) in [5.74, 6) is 0.682. The Kier molecular flexibility index (Phi) is 3.42. The molecule has 0 aliphatic heterocycles. The maximum atomic E-state index is 4.64. The Balaban J connectivity index is 1.85. The number of benzene rings is 1. The predicted molar refractivity (Wildman–Crippen MR) is 76.5 cm³/mol. The Morgan fingerprint density at radius 2 is 2.05 bits per heavy atom. The molecule has 1 aliphatic carbocycles. The van der Waals surface area contributed by atoms with Crippen LogP contribution in [-0.2, 0) is 6.42 Å². The van der Waals surface area contributed by atoms with E-state index in [4.69, 9.17) is 0 Å². The van der Waals surface area contributed by atoms with Gasteiger partial charge in [0.05, 0.1) is 5.69 Å². The number of aromatic nitrogens is 2. The van der Waals surface area contributed by atoms with Crippen molar-refractivity contribution in [3.8, 4) is 0 Å². The van der Waals surface area contributed by atoms with Gasteiger partial charge in [-0.25, -0.2) is 9.97 Å². The van der Waals surface area contributed by atoms with E-state index in [9.17, 15) is 0 Å². The van der Waals surface area contributed by atoms with Crippen LogP contribution in [-0.4, -0.2) is 17.0 Å². The highest BCUT2D eigenvalue weighted by molar-refractivity contribution is 5.53. The minimum atomic E-state index is 0.398. The van der Waals surface area contributed by atoms with Gasteiger partial charge in [-0.05, 0) is 38.4 Å². The summed E-state index contributed by atoms with van der Waals surface area (Å²) < 4.78 is 0. The summed E-state index contributed by atoms with van der Waals surface area (Å²) in [6, 6.07) is 10.4. The summed E-state index contributed by atoms with van der Waals surface area (Å²) in [4.78, 5) is 9.07. The van der Waals surface area contributed by atoms with Crippen molar-refractivity contribution in [1.29, 1.82) is 0 Å². The number of fused-ring (bicyclic) bond motifs is 1. The molecule has 19 heavy (non-hydrogen) atoms. The van der Waals surface area contributed by atoms with Gasteiger partial charge in [-0.3, -0.25) is 0 Å². The lowest BCUT2D eigenvalue weighted by atomic mass is 9.92. The zero-order chi connectivity index (χ0) is 13.1. The summed E-state index contributed by atoms with van der Waals surface area (Å²) >= 11 is 0. The maximum absolute atomic E-state index is 4.64. The van der Waals surface area contributed by atoms with Crippen LogP contribution in [0.3, 0.4) is 0 Å². The molecule has 1 unspecified atom stereocenters. The highest BCUT2D eigenvalue weighted by atomic mass is 15.1. The van der Waals surface area contributed by atoms with Gasteiger partial charge in [0.15, 0.2) is 0 Å². The molecule has 1 aromatic carbocycles. The second-order valence-electron chi connectivity index (χ2n) is 4.82. The smallest absolute Gasteiger partial charge is 0.227 e. The van der Waals surface area contributed by atoms with Crippen molar-refractivity contribution in [2.75, 3.05) is 12.4 Å². The van der Waals surface area contributed by atoms with Gasteiger partial charge < -0.3 is 10.6 Å². The van der Waals surface area contributed by atoms with Crippen LogP contribution < -0.4 is 10.6 Å². The normalized spacial score (nSPS) is 17.8. The number of aryl methyl sites for hydroxylation is 1. The fourth-order valence-corrected chi connectivity index (χ4v) is 2.56. The topological polar surface area (TPSA) is 49.8 Å². The van der Waals surface area contributed by atoms with Crippen LogP contribution in [0.15, 0.2) is 36.5 Å². The molecule has 1 heterocycles. The van der Waals surface area contributed by atoms with Crippen molar-refractivity contribution >= 4 is 11.6 Å². The van der Waals surface area contributed by atoms with Gasteiger partial charge in [0.1, 0.15) is 0 Å². The third-order valence-corrected chi connectivity index (χ3v) is 3.56. The summed E-state index contributed by atoms with van der Waals surface area (Å²) in [6.07, 6.45) is 5.34. The minimum Gasteiger partial charge on any atom is -0.324 e. The second-order valence-corrected chi connectivity index (χ2v) is 4.82. The molecule has 1 aliphatic rings. The molecule has 0 saturated carbocycles. The molecule has 3 rings (SSSR count). The molecule has 1 aromatic heterocycles. The average Bonchev–Trinajstić information content (AvgIpc) is 2.47. The first kappa shape index (κ1) is 12.1.